The molecule has 1 heterocycles. The van der Waals surface area contributed by atoms with Gasteiger partial charge in [0.05, 0.1) is 10.7 Å². The van der Waals surface area contributed by atoms with Crippen molar-refractivity contribution in [1.29, 1.82) is 5.26 Å². The molecule has 0 aromatic heterocycles. The summed E-state index contributed by atoms with van der Waals surface area (Å²) in [6, 6.07) is 6.75. The first-order chi connectivity index (χ1) is 10.1. The number of likely N-dealkylation sites (tertiary alicyclic amines) is 1. The summed E-state index contributed by atoms with van der Waals surface area (Å²) in [5.74, 6) is -0.463. The molecule has 0 radical (unpaired) electrons. The van der Waals surface area contributed by atoms with E-state index in [-0.39, 0.29) is 5.57 Å². The molecule has 1 amide bonds. The fraction of sp³-hybridized carbons (Fsp3) is 0.333. The van der Waals surface area contributed by atoms with E-state index in [9.17, 15) is 4.79 Å². The Labute approximate surface area is 129 Å². The quantitative estimate of drug-likeness (QED) is 0.511. The number of nitrogens with two attached hydrogens (primary N) is 1. The Kier molecular flexibility index (Phi) is 5.07. The number of carbonyl (C=O) groups is 1. The number of hydrogen-bond acceptors (Lipinski definition) is 4. The summed E-state index contributed by atoms with van der Waals surface area (Å²) in [7, 11) is 0. The fourth-order valence-electron chi connectivity index (χ4n) is 2.19. The second-order valence-electron chi connectivity index (χ2n) is 4.94. The van der Waals surface area contributed by atoms with Crippen LogP contribution in [0.25, 0.3) is 0 Å². The number of anilines is 2. The van der Waals surface area contributed by atoms with E-state index >= 15 is 0 Å². The molecule has 1 fully saturated rings. The Balaban J connectivity index is 2.09. The van der Waals surface area contributed by atoms with Crippen molar-refractivity contribution < 1.29 is 4.79 Å². The number of nitrogen functional groups attached to an aromatic ring is 1. The Morgan fingerprint density at radius 2 is 2.10 bits per heavy atom. The molecule has 5 nitrogen and oxygen atoms in total. The van der Waals surface area contributed by atoms with Crippen molar-refractivity contribution in [1.82, 2.24) is 4.90 Å². The van der Waals surface area contributed by atoms with Gasteiger partial charge in [-0.2, -0.15) is 5.26 Å². The second-order valence-corrected chi connectivity index (χ2v) is 5.35. The number of halogens is 1. The Bertz CT molecular complexity index is 600. The van der Waals surface area contributed by atoms with Gasteiger partial charge in [-0.05, 0) is 37.5 Å². The van der Waals surface area contributed by atoms with Crippen LogP contribution in [0.4, 0.5) is 11.4 Å². The molecule has 21 heavy (non-hydrogen) atoms. The third kappa shape index (κ3) is 4.14. The average Bonchev–Trinajstić information content (AvgIpc) is 2.48. The maximum Gasteiger partial charge on any atom is 0.267 e. The number of rotatable bonds is 3. The number of hydrogen-bond donors (Lipinski definition) is 2. The van der Waals surface area contributed by atoms with Crippen molar-refractivity contribution in [3.8, 4) is 6.07 Å². The number of carbonyl (C=O) groups excluding carboxylic acids is 1. The molecule has 0 atom stereocenters. The zero-order chi connectivity index (χ0) is 15.2. The van der Waals surface area contributed by atoms with Crippen LogP contribution >= 0.6 is 11.6 Å². The van der Waals surface area contributed by atoms with E-state index in [0.717, 1.165) is 25.9 Å². The van der Waals surface area contributed by atoms with Crippen LogP contribution in [0, 0.1) is 11.3 Å². The molecule has 0 spiro atoms. The lowest BCUT2D eigenvalue weighted by Gasteiger charge is -2.25. The number of nitrogens with one attached hydrogen (secondary N) is 1. The van der Waals surface area contributed by atoms with E-state index in [1.807, 2.05) is 11.0 Å². The van der Waals surface area contributed by atoms with Crippen molar-refractivity contribution in [2.75, 3.05) is 24.1 Å². The molecule has 0 bridgehead atoms. The standard InChI is InChI=1S/C15H17ClN4O/c16-13-8-12(18)4-5-14(13)19-15(21)11(9-17)10-20-6-2-1-3-7-20/h4-5,8,10H,1-3,6-7,18H2,(H,19,21)/b11-10-. The summed E-state index contributed by atoms with van der Waals surface area (Å²) < 4.78 is 0. The van der Waals surface area contributed by atoms with Crippen LogP contribution < -0.4 is 11.1 Å². The van der Waals surface area contributed by atoms with E-state index in [0.29, 0.717) is 16.4 Å². The van der Waals surface area contributed by atoms with Gasteiger partial charge in [-0.1, -0.05) is 11.6 Å². The van der Waals surface area contributed by atoms with Crippen LogP contribution in [0.5, 0.6) is 0 Å². The number of nitriles is 1. The average molecular weight is 305 g/mol. The minimum atomic E-state index is -0.463. The summed E-state index contributed by atoms with van der Waals surface area (Å²) in [6.45, 7) is 1.75. The third-order valence-corrected chi connectivity index (χ3v) is 3.62. The summed E-state index contributed by atoms with van der Waals surface area (Å²) in [6.07, 6.45) is 4.99. The van der Waals surface area contributed by atoms with Crippen LogP contribution in [-0.4, -0.2) is 23.9 Å². The van der Waals surface area contributed by atoms with E-state index in [1.54, 1.807) is 24.4 Å². The van der Waals surface area contributed by atoms with Crippen molar-refractivity contribution >= 4 is 28.9 Å². The van der Waals surface area contributed by atoms with E-state index in [2.05, 4.69) is 5.32 Å². The Hall–Kier alpha value is -2.19. The lowest BCUT2D eigenvalue weighted by Crippen LogP contribution is -2.26. The second kappa shape index (κ2) is 7.00. The van der Waals surface area contributed by atoms with Crippen molar-refractivity contribution in [2.24, 2.45) is 0 Å². The molecule has 0 unspecified atom stereocenters. The molecule has 1 saturated heterocycles. The Morgan fingerprint density at radius 1 is 1.38 bits per heavy atom. The van der Waals surface area contributed by atoms with Gasteiger partial charge in [0.2, 0.25) is 0 Å². The number of piperidine rings is 1. The highest BCUT2D eigenvalue weighted by molar-refractivity contribution is 6.34. The lowest BCUT2D eigenvalue weighted by molar-refractivity contribution is -0.112. The molecular weight excluding hydrogens is 288 g/mol. The van der Waals surface area contributed by atoms with Crippen LogP contribution in [0.3, 0.4) is 0 Å². The molecule has 3 N–H and O–H groups in total. The zero-order valence-electron chi connectivity index (χ0n) is 11.6. The van der Waals surface area contributed by atoms with Crippen molar-refractivity contribution in [2.45, 2.75) is 19.3 Å². The molecular formula is C15H17ClN4O. The van der Waals surface area contributed by atoms with Gasteiger partial charge < -0.3 is 16.0 Å². The number of amides is 1. The molecule has 1 aliphatic heterocycles. The van der Waals surface area contributed by atoms with Gasteiger partial charge in [0.15, 0.2) is 0 Å². The number of benzene rings is 1. The monoisotopic (exact) mass is 304 g/mol. The normalized spacial score (nSPS) is 15.4. The maximum absolute atomic E-state index is 12.1. The smallest absolute Gasteiger partial charge is 0.267 e. The molecule has 1 aromatic rings. The first-order valence-corrected chi connectivity index (χ1v) is 7.20. The van der Waals surface area contributed by atoms with Crippen LogP contribution in [-0.2, 0) is 4.79 Å². The predicted molar refractivity (Wildman–Crippen MR) is 83.6 cm³/mol. The van der Waals surface area contributed by atoms with Crippen molar-refractivity contribution in [3.63, 3.8) is 0 Å². The number of nitrogens with zero attached hydrogens (tertiary/aromatic N) is 2. The summed E-state index contributed by atoms with van der Waals surface area (Å²) in [5.41, 5.74) is 6.63. The first-order valence-electron chi connectivity index (χ1n) is 6.82. The van der Waals surface area contributed by atoms with Gasteiger partial charge in [-0.25, -0.2) is 0 Å². The van der Waals surface area contributed by atoms with Gasteiger partial charge in [0, 0.05) is 25.0 Å². The minimum absolute atomic E-state index is 0.0739. The largest absolute Gasteiger partial charge is 0.399 e. The van der Waals surface area contributed by atoms with Gasteiger partial charge in [0.25, 0.3) is 5.91 Å². The molecule has 1 aromatic carbocycles. The molecule has 6 heteroatoms. The van der Waals surface area contributed by atoms with Gasteiger partial charge in [0.1, 0.15) is 11.6 Å². The van der Waals surface area contributed by atoms with E-state index < -0.39 is 5.91 Å². The highest BCUT2D eigenvalue weighted by atomic mass is 35.5. The van der Waals surface area contributed by atoms with Gasteiger partial charge >= 0.3 is 0 Å². The Morgan fingerprint density at radius 3 is 2.71 bits per heavy atom. The molecule has 0 saturated carbocycles. The highest BCUT2D eigenvalue weighted by Gasteiger charge is 2.14. The predicted octanol–water partition coefficient (Wildman–Crippen LogP) is 2.75. The molecule has 0 aliphatic carbocycles. The van der Waals surface area contributed by atoms with Gasteiger partial charge in [-0.3, -0.25) is 4.79 Å². The van der Waals surface area contributed by atoms with Crippen LogP contribution in [0.15, 0.2) is 30.0 Å². The minimum Gasteiger partial charge on any atom is -0.399 e. The summed E-state index contributed by atoms with van der Waals surface area (Å²) in [4.78, 5) is 14.1. The molecule has 2 rings (SSSR count). The van der Waals surface area contributed by atoms with Crippen molar-refractivity contribution in [3.05, 3.63) is 35.0 Å². The fourth-order valence-corrected chi connectivity index (χ4v) is 2.43. The zero-order valence-corrected chi connectivity index (χ0v) is 12.4. The van der Waals surface area contributed by atoms with Crippen LogP contribution in [0.1, 0.15) is 19.3 Å². The first kappa shape index (κ1) is 15.2. The topological polar surface area (TPSA) is 82.2 Å². The summed E-state index contributed by atoms with van der Waals surface area (Å²) >= 11 is 6.01. The lowest BCUT2D eigenvalue weighted by atomic mass is 10.1. The SMILES string of the molecule is N#C/C(=C/N1CCCCC1)C(=O)Nc1ccc(N)cc1Cl. The van der Waals surface area contributed by atoms with Gasteiger partial charge in [-0.15, -0.1) is 0 Å². The third-order valence-electron chi connectivity index (χ3n) is 3.31. The molecule has 110 valence electrons. The highest BCUT2D eigenvalue weighted by Crippen LogP contribution is 2.24. The van der Waals surface area contributed by atoms with E-state index in [1.165, 1.54) is 6.42 Å². The maximum atomic E-state index is 12.1. The summed E-state index contributed by atoms with van der Waals surface area (Å²) in [5, 5.41) is 12.1. The molecule has 1 aliphatic rings. The van der Waals surface area contributed by atoms with E-state index in [4.69, 9.17) is 22.6 Å². The van der Waals surface area contributed by atoms with Crippen LogP contribution in [0.2, 0.25) is 5.02 Å².